The van der Waals surface area contributed by atoms with E-state index in [1.54, 1.807) is 13.4 Å². The van der Waals surface area contributed by atoms with Gasteiger partial charge in [0.05, 0.1) is 13.4 Å². The minimum Gasteiger partial charge on any atom is -0.505 e. The van der Waals surface area contributed by atoms with Gasteiger partial charge in [0.2, 0.25) is 0 Å². The molecule has 1 heterocycles. The molecule has 4 heteroatoms. The number of methoxy groups -OCH3 is 1. The van der Waals surface area contributed by atoms with Crippen LogP contribution in [0.15, 0.2) is 42.7 Å². The number of hydrogen-bond acceptors (Lipinski definition) is 3. The third-order valence-corrected chi connectivity index (χ3v) is 4.16. The summed E-state index contributed by atoms with van der Waals surface area (Å²) in [5.41, 5.74) is 1.02. The molecule has 0 N–H and O–H groups in total. The molecule has 0 radical (unpaired) electrons. The highest BCUT2D eigenvalue weighted by atomic mass is 16.6. The topological polar surface area (TPSA) is 38.8 Å². The molecule has 20 heavy (non-hydrogen) atoms. The molecule has 2 fully saturated rings. The number of benzene rings is 1. The van der Waals surface area contributed by atoms with Crippen LogP contribution < -0.4 is 0 Å². The summed E-state index contributed by atoms with van der Waals surface area (Å²) >= 11 is 0. The van der Waals surface area contributed by atoms with E-state index < -0.39 is 0 Å². The molecule has 1 saturated carbocycles. The Labute approximate surface area is 119 Å². The van der Waals surface area contributed by atoms with Crippen molar-refractivity contribution in [3.63, 3.8) is 0 Å². The molecule has 4 nitrogen and oxygen atoms in total. The molecule has 2 aliphatic rings. The first-order valence-electron chi connectivity index (χ1n) is 6.94. The van der Waals surface area contributed by atoms with E-state index >= 15 is 0 Å². The Bertz CT molecular complexity index is 488. The van der Waals surface area contributed by atoms with Gasteiger partial charge >= 0.3 is 6.09 Å². The predicted molar refractivity (Wildman–Crippen MR) is 74.8 cm³/mol. The second-order valence-corrected chi connectivity index (χ2v) is 5.41. The number of carbonyl (C=O) groups is 1. The van der Waals surface area contributed by atoms with Crippen molar-refractivity contribution < 1.29 is 14.3 Å². The monoisotopic (exact) mass is 273 g/mol. The van der Waals surface area contributed by atoms with E-state index in [1.165, 1.54) is 0 Å². The molecule has 0 spiro atoms. The molecule has 1 unspecified atom stereocenters. The third-order valence-electron chi connectivity index (χ3n) is 4.16. The number of carbonyl (C=O) groups excluding carboxylic acids is 1. The Kier molecular flexibility index (Phi) is 3.63. The Morgan fingerprint density at radius 3 is 2.65 bits per heavy atom. The van der Waals surface area contributed by atoms with Crippen LogP contribution in [0.25, 0.3) is 0 Å². The van der Waals surface area contributed by atoms with E-state index in [1.807, 2.05) is 35.2 Å². The Morgan fingerprint density at radius 1 is 1.30 bits per heavy atom. The van der Waals surface area contributed by atoms with Gasteiger partial charge in [0, 0.05) is 13.1 Å². The van der Waals surface area contributed by atoms with Gasteiger partial charge < -0.3 is 14.4 Å². The van der Waals surface area contributed by atoms with Crippen molar-refractivity contribution in [1.82, 2.24) is 4.90 Å². The van der Waals surface area contributed by atoms with Crippen molar-refractivity contribution in [1.29, 1.82) is 0 Å². The number of nitrogens with zero attached hydrogens (tertiary/aromatic N) is 1. The van der Waals surface area contributed by atoms with Gasteiger partial charge in [-0.3, -0.25) is 0 Å². The van der Waals surface area contributed by atoms with E-state index in [2.05, 4.69) is 6.08 Å². The van der Waals surface area contributed by atoms with Gasteiger partial charge in [0.25, 0.3) is 0 Å². The minimum absolute atomic E-state index is 0.199. The van der Waals surface area contributed by atoms with Gasteiger partial charge in [-0.2, -0.15) is 0 Å². The zero-order valence-electron chi connectivity index (χ0n) is 11.6. The third kappa shape index (κ3) is 2.64. The molecule has 1 amide bonds. The molecule has 1 aromatic rings. The normalized spacial score (nSPS) is 27.4. The predicted octanol–water partition coefficient (Wildman–Crippen LogP) is 2.66. The van der Waals surface area contributed by atoms with Crippen molar-refractivity contribution in [3.8, 4) is 0 Å². The van der Waals surface area contributed by atoms with Gasteiger partial charge in [-0.1, -0.05) is 30.3 Å². The van der Waals surface area contributed by atoms with Crippen molar-refractivity contribution in [2.75, 3.05) is 20.2 Å². The van der Waals surface area contributed by atoms with Crippen molar-refractivity contribution in [3.05, 3.63) is 48.2 Å². The standard InChI is InChI=1S/C16H19NO3/c1-19-8-7-13-14-9-17(10-15(13)14)16(18)20-11-12-5-3-2-4-6-12/h2-8,13-15H,9-11H2,1H3/b8-7+/t13?,14-,15+. The molecule has 106 valence electrons. The molecule has 1 aliphatic heterocycles. The quantitative estimate of drug-likeness (QED) is 0.792. The largest absolute Gasteiger partial charge is 0.505 e. The molecule has 1 aromatic carbocycles. The first-order valence-corrected chi connectivity index (χ1v) is 6.94. The summed E-state index contributed by atoms with van der Waals surface area (Å²) in [6.45, 7) is 1.95. The number of likely N-dealkylation sites (tertiary alicyclic amines) is 1. The maximum absolute atomic E-state index is 12.0. The van der Waals surface area contributed by atoms with Crippen LogP contribution in [0.1, 0.15) is 5.56 Å². The van der Waals surface area contributed by atoms with Crippen LogP contribution in [0.4, 0.5) is 4.79 Å². The smallest absolute Gasteiger partial charge is 0.410 e. The Hall–Kier alpha value is -1.97. The maximum atomic E-state index is 12.0. The molecule has 0 bridgehead atoms. The van der Waals surface area contributed by atoms with E-state index in [-0.39, 0.29) is 6.09 Å². The fourth-order valence-electron chi connectivity index (χ4n) is 2.99. The zero-order valence-corrected chi connectivity index (χ0v) is 11.6. The lowest BCUT2D eigenvalue weighted by Gasteiger charge is -2.18. The number of allylic oxidation sites excluding steroid dienone is 1. The summed E-state index contributed by atoms with van der Waals surface area (Å²) in [6, 6.07) is 9.76. The lowest BCUT2D eigenvalue weighted by molar-refractivity contribution is 0.0994. The van der Waals surface area contributed by atoms with Crippen LogP contribution in [0.2, 0.25) is 0 Å². The van der Waals surface area contributed by atoms with Crippen LogP contribution in [-0.4, -0.2) is 31.2 Å². The van der Waals surface area contributed by atoms with Gasteiger partial charge in [0.15, 0.2) is 0 Å². The summed E-state index contributed by atoms with van der Waals surface area (Å²) in [5.74, 6) is 1.75. The number of ether oxygens (including phenoxy) is 2. The second-order valence-electron chi connectivity index (χ2n) is 5.41. The Morgan fingerprint density at radius 2 is 2.00 bits per heavy atom. The number of rotatable bonds is 4. The van der Waals surface area contributed by atoms with E-state index in [9.17, 15) is 4.79 Å². The zero-order chi connectivity index (χ0) is 13.9. The first-order chi connectivity index (χ1) is 9.79. The van der Waals surface area contributed by atoms with Crippen LogP contribution >= 0.6 is 0 Å². The van der Waals surface area contributed by atoms with Crippen molar-refractivity contribution in [2.45, 2.75) is 6.61 Å². The molecular formula is C16H19NO3. The van der Waals surface area contributed by atoms with E-state index in [4.69, 9.17) is 9.47 Å². The summed E-state index contributed by atoms with van der Waals surface area (Å²) in [6.07, 6.45) is 3.64. The van der Waals surface area contributed by atoms with Crippen molar-refractivity contribution in [2.24, 2.45) is 17.8 Å². The fourth-order valence-corrected chi connectivity index (χ4v) is 2.99. The first kappa shape index (κ1) is 13.0. The number of piperidine rings is 1. The molecule has 0 aromatic heterocycles. The highest BCUT2D eigenvalue weighted by Gasteiger charge is 2.55. The van der Waals surface area contributed by atoms with Gasteiger partial charge in [-0.25, -0.2) is 4.79 Å². The van der Waals surface area contributed by atoms with Crippen LogP contribution in [0, 0.1) is 17.8 Å². The highest BCUT2D eigenvalue weighted by molar-refractivity contribution is 5.68. The van der Waals surface area contributed by atoms with E-state index in [0.717, 1.165) is 18.7 Å². The molecule has 3 rings (SSSR count). The van der Waals surface area contributed by atoms with E-state index in [0.29, 0.717) is 24.4 Å². The molecule has 3 atom stereocenters. The summed E-state index contributed by atoms with van der Waals surface area (Å²) in [5, 5.41) is 0. The fraction of sp³-hybridized carbons (Fsp3) is 0.438. The molecule has 1 aliphatic carbocycles. The minimum atomic E-state index is -0.199. The summed E-state index contributed by atoms with van der Waals surface area (Å²) < 4.78 is 10.3. The average molecular weight is 273 g/mol. The van der Waals surface area contributed by atoms with Crippen LogP contribution in [0.5, 0.6) is 0 Å². The average Bonchev–Trinajstić information content (AvgIpc) is 2.93. The molecule has 1 saturated heterocycles. The highest BCUT2D eigenvalue weighted by Crippen LogP contribution is 2.52. The maximum Gasteiger partial charge on any atom is 0.410 e. The number of amides is 1. The van der Waals surface area contributed by atoms with Crippen LogP contribution in [0.3, 0.4) is 0 Å². The lowest BCUT2D eigenvalue weighted by Crippen LogP contribution is -2.31. The van der Waals surface area contributed by atoms with Gasteiger partial charge in [-0.15, -0.1) is 0 Å². The lowest BCUT2D eigenvalue weighted by atomic mass is 10.2. The number of fused-ring (bicyclic) bond motifs is 1. The molecular weight excluding hydrogens is 254 g/mol. The summed E-state index contributed by atoms with van der Waals surface area (Å²) in [7, 11) is 1.65. The van der Waals surface area contributed by atoms with Gasteiger partial charge in [0.1, 0.15) is 6.61 Å². The second kappa shape index (κ2) is 5.57. The summed E-state index contributed by atoms with van der Waals surface area (Å²) in [4.78, 5) is 13.8. The number of hydrogen-bond donors (Lipinski definition) is 0. The SMILES string of the molecule is CO/C=C/C1[C@H]2CN(C(=O)OCc3ccccc3)C[C@@H]12. The Balaban J connectivity index is 1.44. The van der Waals surface area contributed by atoms with Crippen LogP contribution in [-0.2, 0) is 16.1 Å². The van der Waals surface area contributed by atoms with Gasteiger partial charge in [-0.05, 0) is 29.4 Å². The van der Waals surface area contributed by atoms with Crippen molar-refractivity contribution >= 4 is 6.09 Å².